The molecule has 0 bridgehead atoms. The van der Waals surface area contributed by atoms with Gasteiger partial charge in [-0.3, -0.25) is 4.90 Å². The van der Waals surface area contributed by atoms with E-state index < -0.39 is 0 Å². The van der Waals surface area contributed by atoms with Crippen LogP contribution in [-0.2, 0) is 4.74 Å². The molecule has 0 amide bonds. The van der Waals surface area contributed by atoms with E-state index in [0.717, 1.165) is 45.9 Å². The summed E-state index contributed by atoms with van der Waals surface area (Å²) in [6.45, 7) is 16.1. The summed E-state index contributed by atoms with van der Waals surface area (Å²) < 4.78 is 5.82. The molecule has 18 heavy (non-hydrogen) atoms. The summed E-state index contributed by atoms with van der Waals surface area (Å²) in [6.07, 6.45) is 0.373. The van der Waals surface area contributed by atoms with Gasteiger partial charge in [-0.1, -0.05) is 6.92 Å². The van der Waals surface area contributed by atoms with Gasteiger partial charge in [-0.15, -0.1) is 0 Å². The summed E-state index contributed by atoms with van der Waals surface area (Å²) in [6, 6.07) is 0. The molecule has 0 aromatic rings. The third kappa shape index (κ3) is 6.69. The van der Waals surface area contributed by atoms with Crippen LogP contribution in [0.2, 0.25) is 0 Å². The minimum absolute atomic E-state index is 0.210. The Morgan fingerprint density at radius 3 is 2.72 bits per heavy atom. The fourth-order valence-electron chi connectivity index (χ4n) is 2.24. The van der Waals surface area contributed by atoms with Crippen LogP contribution in [0.25, 0.3) is 0 Å². The Morgan fingerprint density at radius 2 is 2.11 bits per heavy atom. The predicted molar refractivity (Wildman–Crippen MR) is 77.1 cm³/mol. The Kier molecular flexibility index (Phi) is 6.57. The van der Waals surface area contributed by atoms with E-state index in [4.69, 9.17) is 4.74 Å². The molecular weight excluding hydrogens is 226 g/mol. The monoisotopic (exact) mass is 257 g/mol. The van der Waals surface area contributed by atoms with Gasteiger partial charge in [0.1, 0.15) is 0 Å². The first kappa shape index (κ1) is 15.9. The van der Waals surface area contributed by atoms with E-state index in [1.54, 1.807) is 0 Å². The van der Waals surface area contributed by atoms with Crippen LogP contribution in [0, 0.1) is 0 Å². The van der Waals surface area contributed by atoms with Crippen molar-refractivity contribution in [2.24, 2.45) is 0 Å². The molecule has 1 aliphatic rings. The third-order valence-corrected chi connectivity index (χ3v) is 3.33. The molecule has 0 radical (unpaired) electrons. The zero-order valence-corrected chi connectivity index (χ0v) is 12.8. The smallest absolute Gasteiger partial charge is 0.0829 e. The number of nitrogens with zero attached hydrogens (tertiary/aromatic N) is 2. The van der Waals surface area contributed by atoms with E-state index in [9.17, 15) is 0 Å². The molecule has 0 spiro atoms. The number of likely N-dealkylation sites (N-methyl/N-ethyl adjacent to an activating group) is 2. The summed E-state index contributed by atoms with van der Waals surface area (Å²) >= 11 is 0. The number of nitrogens with one attached hydrogen (secondary N) is 1. The molecule has 4 heteroatoms. The third-order valence-electron chi connectivity index (χ3n) is 3.33. The highest BCUT2D eigenvalue weighted by atomic mass is 16.5. The molecule has 4 nitrogen and oxygen atoms in total. The van der Waals surface area contributed by atoms with Crippen molar-refractivity contribution in [1.82, 2.24) is 15.1 Å². The maximum Gasteiger partial charge on any atom is 0.0829 e. The molecule has 108 valence electrons. The van der Waals surface area contributed by atoms with Crippen molar-refractivity contribution in [2.75, 3.05) is 52.9 Å². The van der Waals surface area contributed by atoms with Crippen LogP contribution in [-0.4, -0.2) is 74.4 Å². The van der Waals surface area contributed by atoms with Crippen LogP contribution in [0.5, 0.6) is 0 Å². The first-order valence-electron chi connectivity index (χ1n) is 7.18. The number of ether oxygens (including phenoxy) is 1. The average molecular weight is 257 g/mol. The second-order valence-electron chi connectivity index (χ2n) is 6.33. The van der Waals surface area contributed by atoms with Crippen molar-refractivity contribution < 1.29 is 4.74 Å². The maximum absolute atomic E-state index is 5.82. The zero-order chi connectivity index (χ0) is 13.6. The number of hydrogen-bond donors (Lipinski definition) is 1. The lowest BCUT2D eigenvalue weighted by Crippen LogP contribution is -2.48. The first-order chi connectivity index (χ1) is 8.40. The van der Waals surface area contributed by atoms with Gasteiger partial charge in [0, 0.05) is 38.3 Å². The van der Waals surface area contributed by atoms with E-state index in [-0.39, 0.29) is 5.54 Å². The largest absolute Gasteiger partial charge is 0.374 e. The van der Waals surface area contributed by atoms with Crippen molar-refractivity contribution in [3.63, 3.8) is 0 Å². The number of morpholine rings is 1. The van der Waals surface area contributed by atoms with Crippen LogP contribution in [0.15, 0.2) is 0 Å². The van der Waals surface area contributed by atoms with Gasteiger partial charge < -0.3 is 15.0 Å². The highest BCUT2D eigenvalue weighted by Crippen LogP contribution is 2.06. The van der Waals surface area contributed by atoms with Crippen molar-refractivity contribution in [3.8, 4) is 0 Å². The molecule has 0 aliphatic carbocycles. The normalized spacial score (nSPS) is 22.7. The molecule has 1 fully saturated rings. The van der Waals surface area contributed by atoms with Crippen LogP contribution in [0.3, 0.4) is 0 Å². The lowest BCUT2D eigenvalue weighted by molar-refractivity contribution is -0.0388. The van der Waals surface area contributed by atoms with Crippen LogP contribution in [0.4, 0.5) is 0 Å². The van der Waals surface area contributed by atoms with Crippen LogP contribution >= 0.6 is 0 Å². The van der Waals surface area contributed by atoms with E-state index >= 15 is 0 Å². The lowest BCUT2D eigenvalue weighted by Gasteiger charge is -2.34. The molecule has 1 aliphatic heterocycles. The molecule has 0 aromatic carbocycles. The van der Waals surface area contributed by atoms with E-state index in [0.29, 0.717) is 6.10 Å². The number of hydrogen-bond acceptors (Lipinski definition) is 4. The Labute approximate surface area is 113 Å². The molecular formula is C14H31N3O. The van der Waals surface area contributed by atoms with Crippen molar-refractivity contribution in [1.29, 1.82) is 0 Å². The van der Waals surface area contributed by atoms with Gasteiger partial charge in [-0.25, -0.2) is 0 Å². The highest BCUT2D eigenvalue weighted by Gasteiger charge is 2.20. The van der Waals surface area contributed by atoms with Crippen molar-refractivity contribution >= 4 is 0 Å². The molecule has 1 saturated heterocycles. The average Bonchev–Trinajstić information content (AvgIpc) is 2.27. The van der Waals surface area contributed by atoms with Crippen molar-refractivity contribution in [3.05, 3.63) is 0 Å². The lowest BCUT2D eigenvalue weighted by atomic mass is 10.1. The van der Waals surface area contributed by atoms with Gasteiger partial charge in [0.2, 0.25) is 0 Å². The summed E-state index contributed by atoms with van der Waals surface area (Å²) in [5.74, 6) is 0. The molecule has 1 unspecified atom stereocenters. The van der Waals surface area contributed by atoms with Gasteiger partial charge >= 0.3 is 0 Å². The molecule has 1 rings (SSSR count). The molecule has 1 heterocycles. The molecule has 0 aromatic heterocycles. The Morgan fingerprint density at radius 1 is 1.39 bits per heavy atom. The van der Waals surface area contributed by atoms with Gasteiger partial charge in [-0.2, -0.15) is 0 Å². The Hall–Kier alpha value is -0.160. The second kappa shape index (κ2) is 7.43. The van der Waals surface area contributed by atoms with Gasteiger partial charge in [-0.05, 0) is 34.4 Å². The SMILES string of the molecule is CCN1CCOC(CN(C)CCNC(C)(C)C)C1. The van der Waals surface area contributed by atoms with E-state index in [1.165, 1.54) is 0 Å². The van der Waals surface area contributed by atoms with Crippen LogP contribution < -0.4 is 5.32 Å². The van der Waals surface area contributed by atoms with E-state index in [2.05, 4.69) is 49.9 Å². The summed E-state index contributed by atoms with van der Waals surface area (Å²) in [5, 5.41) is 3.52. The summed E-state index contributed by atoms with van der Waals surface area (Å²) in [7, 11) is 2.18. The highest BCUT2D eigenvalue weighted by molar-refractivity contribution is 4.75. The fourth-order valence-corrected chi connectivity index (χ4v) is 2.24. The fraction of sp³-hybridized carbons (Fsp3) is 1.00. The number of rotatable bonds is 6. The van der Waals surface area contributed by atoms with Gasteiger partial charge in [0.05, 0.1) is 12.7 Å². The first-order valence-corrected chi connectivity index (χ1v) is 7.18. The Bertz CT molecular complexity index is 228. The van der Waals surface area contributed by atoms with Gasteiger partial charge in [0.25, 0.3) is 0 Å². The predicted octanol–water partition coefficient (Wildman–Crippen LogP) is 1.03. The minimum atomic E-state index is 0.210. The summed E-state index contributed by atoms with van der Waals surface area (Å²) in [5.41, 5.74) is 0.210. The quantitative estimate of drug-likeness (QED) is 0.769. The van der Waals surface area contributed by atoms with Gasteiger partial charge in [0.15, 0.2) is 0 Å². The van der Waals surface area contributed by atoms with E-state index in [1.807, 2.05) is 0 Å². The van der Waals surface area contributed by atoms with Crippen LogP contribution in [0.1, 0.15) is 27.7 Å². The van der Waals surface area contributed by atoms with Crippen molar-refractivity contribution in [2.45, 2.75) is 39.3 Å². The molecule has 1 N–H and O–H groups in total. The topological polar surface area (TPSA) is 27.7 Å². The summed E-state index contributed by atoms with van der Waals surface area (Å²) in [4.78, 5) is 4.83. The molecule has 1 atom stereocenters. The zero-order valence-electron chi connectivity index (χ0n) is 12.8. The standard InChI is InChI=1S/C14H31N3O/c1-6-17-9-10-18-13(12-17)11-16(5)8-7-15-14(2,3)4/h13,15H,6-12H2,1-5H3. The minimum Gasteiger partial charge on any atom is -0.374 e. The maximum atomic E-state index is 5.82. The molecule has 0 saturated carbocycles. The second-order valence-corrected chi connectivity index (χ2v) is 6.33. The Balaban J connectivity index is 2.17.